The normalized spacial score (nSPS) is 10.5. The van der Waals surface area contributed by atoms with Gasteiger partial charge in [-0.3, -0.25) is 0 Å². The summed E-state index contributed by atoms with van der Waals surface area (Å²) in [5.74, 6) is 1.02. The predicted octanol–water partition coefficient (Wildman–Crippen LogP) is 1.68. The minimum absolute atomic E-state index is 0.301. The minimum atomic E-state index is -0.301. The molecule has 3 heteroatoms. The van der Waals surface area contributed by atoms with Crippen LogP contribution in [0.4, 0.5) is 0 Å². The highest BCUT2D eigenvalue weighted by Gasteiger charge is 2.00. The topological polar surface area (TPSA) is 22.3 Å². The van der Waals surface area contributed by atoms with Gasteiger partial charge in [-0.25, -0.2) is 0 Å². The fraction of sp³-hybridized carbons (Fsp3) is 1.00. The molecule has 0 aliphatic rings. The smallest absolute Gasteiger partial charge is 0.0456 e. The zero-order chi connectivity index (χ0) is 6.41. The molecule has 0 rings (SSSR count). The summed E-state index contributed by atoms with van der Waals surface area (Å²) in [7, 11) is 0. The molecule has 0 heterocycles. The molecule has 0 saturated heterocycles. The van der Waals surface area contributed by atoms with Crippen molar-refractivity contribution in [3.8, 4) is 0 Å². The molecule has 0 aliphatic carbocycles. The van der Waals surface area contributed by atoms with Crippen molar-refractivity contribution in [1.29, 1.82) is 0 Å². The van der Waals surface area contributed by atoms with E-state index in [0.29, 0.717) is 24.6 Å². The Morgan fingerprint density at radius 1 is 1.12 bits per heavy atom. The maximum atomic E-state index is 8.88. The minimum Gasteiger partial charge on any atom is -0.141 e. The van der Waals surface area contributed by atoms with Gasteiger partial charge in [0.25, 0.3) is 0 Å². The van der Waals surface area contributed by atoms with E-state index in [4.69, 9.17) is 28.9 Å². The molecule has 0 amide bonds. The highest BCUT2D eigenvalue weighted by molar-refractivity contribution is 6.18. The summed E-state index contributed by atoms with van der Waals surface area (Å²) in [6.45, 7) is 0. The van der Waals surface area contributed by atoms with E-state index >= 15 is 0 Å². The van der Waals surface area contributed by atoms with E-state index in [9.17, 15) is 0 Å². The summed E-state index contributed by atoms with van der Waals surface area (Å²) in [4.78, 5) is 0. The standard InChI is InChI=1S/C5H9Cl2N/c6-3-1-5(8)2-4-7/h5H,1-4H2. The number of hydrogen-bond acceptors (Lipinski definition) is 0. The molecule has 1 nitrogen and oxygen atoms in total. The van der Waals surface area contributed by atoms with Gasteiger partial charge in [-0.05, 0) is 12.8 Å². The van der Waals surface area contributed by atoms with E-state index in [2.05, 4.69) is 0 Å². The van der Waals surface area contributed by atoms with E-state index in [1.165, 1.54) is 0 Å². The van der Waals surface area contributed by atoms with Crippen molar-refractivity contribution >= 4 is 23.2 Å². The van der Waals surface area contributed by atoms with Gasteiger partial charge in [0.1, 0.15) is 0 Å². The molecule has 0 N–H and O–H groups in total. The summed E-state index contributed by atoms with van der Waals surface area (Å²) in [5, 5.41) is 0. The first-order valence-corrected chi connectivity index (χ1v) is 3.68. The van der Waals surface area contributed by atoms with Crippen molar-refractivity contribution in [2.24, 2.45) is 0 Å². The van der Waals surface area contributed by atoms with Crippen LogP contribution < -0.4 is 5.73 Å². The summed E-state index contributed by atoms with van der Waals surface area (Å²) in [6.07, 6.45) is 1.29. The number of nitrogens with zero attached hydrogens (tertiary/aromatic N) is 1. The first kappa shape index (κ1) is 8.54. The quantitative estimate of drug-likeness (QED) is 0.549. The largest absolute Gasteiger partial charge is 0.141 e. The van der Waals surface area contributed by atoms with E-state index in [1.807, 2.05) is 0 Å². The molecule has 0 fully saturated rings. The highest BCUT2D eigenvalue weighted by atomic mass is 35.5. The van der Waals surface area contributed by atoms with E-state index in [-0.39, 0.29) is 6.04 Å². The molecule has 0 spiro atoms. The van der Waals surface area contributed by atoms with Gasteiger partial charge in [0.05, 0.1) is 0 Å². The Labute approximate surface area is 60.1 Å². The Hall–Kier alpha value is 0.540. The first-order chi connectivity index (χ1) is 3.81. The second-order valence-electron chi connectivity index (χ2n) is 1.61. The summed E-state index contributed by atoms with van der Waals surface area (Å²) < 4.78 is 0. The van der Waals surface area contributed by atoms with Gasteiger partial charge >= 0.3 is 0 Å². The average molecular weight is 154 g/mol. The van der Waals surface area contributed by atoms with Crippen molar-refractivity contribution in [1.82, 2.24) is 5.73 Å². The van der Waals surface area contributed by atoms with Crippen molar-refractivity contribution in [3.63, 3.8) is 0 Å². The summed E-state index contributed by atoms with van der Waals surface area (Å²) >= 11 is 10.7. The fourth-order valence-corrected chi connectivity index (χ4v) is 0.900. The first-order valence-electron chi connectivity index (χ1n) is 2.61. The van der Waals surface area contributed by atoms with Gasteiger partial charge in [-0.15, -0.1) is 28.9 Å². The Morgan fingerprint density at radius 2 is 1.50 bits per heavy atom. The zero-order valence-corrected chi connectivity index (χ0v) is 6.12. The van der Waals surface area contributed by atoms with Gasteiger partial charge < -0.3 is 0 Å². The third-order valence-electron chi connectivity index (χ3n) is 0.885. The summed E-state index contributed by atoms with van der Waals surface area (Å²) in [6, 6.07) is -0.301. The van der Waals surface area contributed by atoms with Crippen LogP contribution in [-0.2, 0) is 0 Å². The molecular weight excluding hydrogens is 145 g/mol. The van der Waals surface area contributed by atoms with Crippen LogP contribution in [0.1, 0.15) is 12.8 Å². The lowest BCUT2D eigenvalue weighted by molar-refractivity contribution is 0.617. The second kappa shape index (κ2) is 5.67. The maximum Gasteiger partial charge on any atom is 0.0456 e. The molecule has 0 atom stereocenters. The van der Waals surface area contributed by atoms with Crippen LogP contribution in [0.25, 0.3) is 0 Å². The monoisotopic (exact) mass is 153 g/mol. The van der Waals surface area contributed by atoms with E-state index < -0.39 is 0 Å². The van der Waals surface area contributed by atoms with E-state index in [0.717, 1.165) is 0 Å². The van der Waals surface area contributed by atoms with Crippen molar-refractivity contribution in [3.05, 3.63) is 0 Å². The molecular formula is C5H9Cl2N. The molecule has 0 aromatic rings. The molecule has 8 heavy (non-hydrogen) atoms. The van der Waals surface area contributed by atoms with Crippen molar-refractivity contribution in [2.75, 3.05) is 11.8 Å². The number of rotatable bonds is 4. The lowest BCUT2D eigenvalue weighted by atomic mass is 10.2. The molecule has 0 saturated carbocycles. The lowest BCUT2D eigenvalue weighted by Gasteiger charge is -2.01. The summed E-state index contributed by atoms with van der Waals surface area (Å²) in [5.41, 5.74) is 8.88. The Kier molecular flexibility index (Phi) is 6.06. The molecule has 0 aromatic carbocycles. The number of halogens is 2. The van der Waals surface area contributed by atoms with Crippen LogP contribution in [-0.4, -0.2) is 17.8 Å². The fourth-order valence-electron chi connectivity index (χ4n) is 0.396. The van der Waals surface area contributed by atoms with Crippen LogP contribution in [0.2, 0.25) is 0 Å². The number of hydrogen-bond donors (Lipinski definition) is 0. The van der Waals surface area contributed by atoms with Crippen molar-refractivity contribution < 1.29 is 0 Å². The van der Waals surface area contributed by atoms with Crippen LogP contribution in [0.3, 0.4) is 0 Å². The molecule has 2 radical (unpaired) electrons. The Balaban J connectivity index is 2.92. The van der Waals surface area contributed by atoms with Gasteiger partial charge in [-0.1, -0.05) is 0 Å². The van der Waals surface area contributed by atoms with Gasteiger partial charge in [-0.2, -0.15) is 0 Å². The second-order valence-corrected chi connectivity index (χ2v) is 2.37. The van der Waals surface area contributed by atoms with E-state index in [1.54, 1.807) is 0 Å². The highest BCUT2D eigenvalue weighted by Crippen LogP contribution is 1.98. The third-order valence-corrected chi connectivity index (χ3v) is 1.32. The Bertz CT molecular complexity index is 43.7. The van der Waals surface area contributed by atoms with Crippen LogP contribution >= 0.6 is 23.2 Å². The molecule has 0 unspecified atom stereocenters. The molecule has 48 valence electrons. The van der Waals surface area contributed by atoms with Crippen LogP contribution in [0.15, 0.2) is 0 Å². The van der Waals surface area contributed by atoms with Gasteiger partial charge in [0, 0.05) is 17.8 Å². The number of alkyl halides is 2. The molecule has 0 aromatic heterocycles. The van der Waals surface area contributed by atoms with Crippen LogP contribution in [0, 0.1) is 0 Å². The van der Waals surface area contributed by atoms with Gasteiger partial charge in [0.2, 0.25) is 0 Å². The zero-order valence-electron chi connectivity index (χ0n) is 4.61. The predicted molar refractivity (Wildman–Crippen MR) is 36.6 cm³/mol. The average Bonchev–Trinajstić information content (AvgIpc) is 1.68. The SMILES string of the molecule is [N]C(CCCl)CCCl. The Morgan fingerprint density at radius 3 is 1.75 bits per heavy atom. The molecule has 0 aliphatic heterocycles. The maximum absolute atomic E-state index is 8.88. The molecule has 0 bridgehead atoms. The van der Waals surface area contributed by atoms with Crippen LogP contribution in [0.5, 0.6) is 0 Å². The van der Waals surface area contributed by atoms with Crippen molar-refractivity contribution in [2.45, 2.75) is 18.9 Å². The lowest BCUT2D eigenvalue weighted by Crippen LogP contribution is -2.09. The third kappa shape index (κ3) is 4.69. The van der Waals surface area contributed by atoms with Gasteiger partial charge in [0.15, 0.2) is 0 Å².